The SMILES string of the molecule is COc1ccccc1C[C@H]1CC[C@@](N)(OC(=O)C(F)(F)F)C1. The highest BCUT2D eigenvalue weighted by molar-refractivity contribution is 5.76. The Morgan fingerprint density at radius 2 is 2.09 bits per heavy atom. The summed E-state index contributed by atoms with van der Waals surface area (Å²) in [7, 11) is 1.56. The van der Waals surface area contributed by atoms with Crippen molar-refractivity contribution in [1.82, 2.24) is 0 Å². The lowest BCUT2D eigenvalue weighted by atomic mass is 9.97. The van der Waals surface area contributed by atoms with Crippen LogP contribution >= 0.6 is 0 Å². The fourth-order valence-corrected chi connectivity index (χ4v) is 2.83. The fraction of sp³-hybridized carbons (Fsp3) is 0.533. The van der Waals surface area contributed by atoms with E-state index < -0.39 is 17.9 Å². The standard InChI is InChI=1S/C15H18F3NO3/c1-21-12-5-3-2-4-11(12)8-10-6-7-14(19,9-10)22-13(20)15(16,17)18/h2-5,10H,6-9,19H2,1H3/t10-,14-/m1/s1. The number of rotatable bonds is 4. The lowest BCUT2D eigenvalue weighted by Gasteiger charge is -2.25. The van der Waals surface area contributed by atoms with Crippen LogP contribution in [0.3, 0.4) is 0 Å². The molecule has 1 aromatic carbocycles. The van der Waals surface area contributed by atoms with Gasteiger partial charge >= 0.3 is 12.1 Å². The minimum Gasteiger partial charge on any atom is -0.496 e. The number of nitrogens with two attached hydrogens (primary N) is 1. The number of halogens is 3. The predicted molar refractivity (Wildman–Crippen MR) is 73.1 cm³/mol. The Kier molecular flexibility index (Phi) is 4.65. The van der Waals surface area contributed by atoms with Crippen molar-refractivity contribution in [3.8, 4) is 5.75 Å². The highest BCUT2D eigenvalue weighted by atomic mass is 19.4. The molecule has 1 fully saturated rings. The molecule has 0 aromatic heterocycles. The first-order valence-corrected chi connectivity index (χ1v) is 6.94. The molecule has 1 aliphatic carbocycles. The molecular weight excluding hydrogens is 299 g/mol. The summed E-state index contributed by atoms with van der Waals surface area (Å²) in [5.74, 6) is -1.46. The lowest BCUT2D eigenvalue weighted by Crippen LogP contribution is -2.45. The molecule has 0 radical (unpaired) electrons. The molecule has 2 rings (SSSR count). The van der Waals surface area contributed by atoms with Crippen molar-refractivity contribution in [3.63, 3.8) is 0 Å². The molecule has 0 aliphatic heterocycles. The number of esters is 1. The monoisotopic (exact) mass is 317 g/mol. The van der Waals surface area contributed by atoms with Gasteiger partial charge in [-0.05, 0) is 30.4 Å². The second-order valence-corrected chi connectivity index (χ2v) is 5.58. The van der Waals surface area contributed by atoms with Crippen LogP contribution in [-0.2, 0) is 16.0 Å². The van der Waals surface area contributed by atoms with Crippen LogP contribution in [0.15, 0.2) is 24.3 Å². The van der Waals surface area contributed by atoms with Crippen LogP contribution in [0, 0.1) is 5.92 Å². The van der Waals surface area contributed by atoms with Crippen molar-refractivity contribution in [2.24, 2.45) is 11.7 Å². The first-order chi connectivity index (χ1) is 10.2. The maximum atomic E-state index is 12.3. The van der Waals surface area contributed by atoms with Crippen molar-refractivity contribution in [3.05, 3.63) is 29.8 Å². The summed E-state index contributed by atoms with van der Waals surface area (Å²) < 4.78 is 46.5. The van der Waals surface area contributed by atoms with Gasteiger partial charge < -0.3 is 9.47 Å². The number of alkyl halides is 3. The number of benzene rings is 1. The molecule has 2 N–H and O–H groups in total. The smallest absolute Gasteiger partial charge is 0.490 e. The Bertz CT molecular complexity index is 547. The van der Waals surface area contributed by atoms with E-state index in [1.165, 1.54) is 0 Å². The Balaban J connectivity index is 1.99. The normalized spacial score (nSPS) is 25.0. The predicted octanol–water partition coefficient (Wildman–Crippen LogP) is 2.80. The van der Waals surface area contributed by atoms with Gasteiger partial charge in [0.2, 0.25) is 0 Å². The molecule has 122 valence electrons. The van der Waals surface area contributed by atoms with Crippen LogP contribution in [0.2, 0.25) is 0 Å². The van der Waals surface area contributed by atoms with E-state index in [2.05, 4.69) is 4.74 Å². The number of hydrogen-bond donors (Lipinski definition) is 1. The van der Waals surface area contributed by atoms with E-state index in [4.69, 9.17) is 10.5 Å². The number of para-hydroxylation sites is 1. The van der Waals surface area contributed by atoms with E-state index in [1.807, 2.05) is 24.3 Å². The highest BCUT2D eigenvalue weighted by Crippen LogP contribution is 2.38. The van der Waals surface area contributed by atoms with Crippen molar-refractivity contribution in [2.75, 3.05) is 7.11 Å². The minimum absolute atomic E-state index is 0.0438. The maximum absolute atomic E-state index is 12.3. The van der Waals surface area contributed by atoms with E-state index in [0.29, 0.717) is 12.8 Å². The van der Waals surface area contributed by atoms with E-state index in [9.17, 15) is 18.0 Å². The second-order valence-electron chi connectivity index (χ2n) is 5.58. The second kappa shape index (κ2) is 6.16. The minimum atomic E-state index is -5.02. The molecule has 7 heteroatoms. The molecule has 0 spiro atoms. The third-order valence-corrected chi connectivity index (χ3v) is 3.84. The van der Waals surface area contributed by atoms with Crippen LogP contribution < -0.4 is 10.5 Å². The van der Waals surface area contributed by atoms with Crippen molar-refractivity contribution in [1.29, 1.82) is 0 Å². The van der Waals surface area contributed by atoms with Crippen LogP contribution in [0.5, 0.6) is 5.75 Å². The molecule has 0 saturated heterocycles. The number of hydrogen-bond acceptors (Lipinski definition) is 4. The van der Waals surface area contributed by atoms with Gasteiger partial charge in [0.05, 0.1) is 7.11 Å². The highest BCUT2D eigenvalue weighted by Gasteiger charge is 2.47. The van der Waals surface area contributed by atoms with Gasteiger partial charge in [0, 0.05) is 12.8 Å². The summed E-state index contributed by atoms with van der Waals surface area (Å²) >= 11 is 0. The van der Waals surface area contributed by atoms with Gasteiger partial charge in [0.15, 0.2) is 5.72 Å². The summed E-state index contributed by atoms with van der Waals surface area (Å²) in [6.07, 6.45) is -3.39. The van der Waals surface area contributed by atoms with Gasteiger partial charge in [-0.2, -0.15) is 13.2 Å². The zero-order valence-corrected chi connectivity index (χ0v) is 12.2. The Labute approximate surface area is 126 Å². The first-order valence-electron chi connectivity index (χ1n) is 6.94. The molecule has 0 heterocycles. The fourth-order valence-electron chi connectivity index (χ4n) is 2.83. The molecule has 0 unspecified atom stereocenters. The van der Waals surface area contributed by atoms with Gasteiger partial charge in [-0.15, -0.1) is 0 Å². The van der Waals surface area contributed by atoms with Crippen molar-refractivity contribution in [2.45, 2.75) is 37.6 Å². The van der Waals surface area contributed by atoms with Crippen molar-refractivity contribution >= 4 is 5.97 Å². The molecule has 0 bridgehead atoms. The molecule has 2 atom stereocenters. The van der Waals surface area contributed by atoms with Gasteiger partial charge in [-0.25, -0.2) is 4.79 Å². The maximum Gasteiger partial charge on any atom is 0.490 e. The number of methoxy groups -OCH3 is 1. The van der Waals surface area contributed by atoms with E-state index >= 15 is 0 Å². The molecule has 1 aliphatic rings. The molecule has 1 aromatic rings. The molecule has 0 amide bonds. The molecule has 22 heavy (non-hydrogen) atoms. The summed E-state index contributed by atoms with van der Waals surface area (Å²) in [6, 6.07) is 7.43. The quantitative estimate of drug-likeness (QED) is 0.685. The molecule has 1 saturated carbocycles. The van der Waals surface area contributed by atoms with Crippen LogP contribution in [0.25, 0.3) is 0 Å². The van der Waals surface area contributed by atoms with E-state index in [0.717, 1.165) is 11.3 Å². The Morgan fingerprint density at radius 3 is 2.73 bits per heavy atom. The van der Waals surface area contributed by atoms with Gasteiger partial charge in [0.25, 0.3) is 0 Å². The summed E-state index contributed by atoms with van der Waals surface area (Å²) in [4.78, 5) is 10.9. The van der Waals surface area contributed by atoms with E-state index in [-0.39, 0.29) is 18.8 Å². The molecular formula is C15H18F3NO3. The Hall–Kier alpha value is -1.76. The van der Waals surface area contributed by atoms with Crippen molar-refractivity contribution < 1.29 is 27.4 Å². The summed E-state index contributed by atoms with van der Waals surface area (Å²) in [5.41, 5.74) is 5.21. The zero-order valence-electron chi connectivity index (χ0n) is 12.2. The average Bonchev–Trinajstić information content (AvgIpc) is 2.79. The number of carbonyl (C=O) groups excluding carboxylic acids is 1. The number of ether oxygens (including phenoxy) is 2. The summed E-state index contributed by atoms with van der Waals surface area (Å²) in [5, 5.41) is 0. The largest absolute Gasteiger partial charge is 0.496 e. The molecule has 4 nitrogen and oxygen atoms in total. The van der Waals surface area contributed by atoms with Crippen LogP contribution in [-0.4, -0.2) is 25.0 Å². The van der Waals surface area contributed by atoms with Crippen LogP contribution in [0.4, 0.5) is 13.2 Å². The topological polar surface area (TPSA) is 61.6 Å². The average molecular weight is 317 g/mol. The number of carbonyl (C=O) groups is 1. The Morgan fingerprint density at radius 1 is 1.41 bits per heavy atom. The van der Waals surface area contributed by atoms with E-state index in [1.54, 1.807) is 7.11 Å². The van der Waals surface area contributed by atoms with Gasteiger partial charge in [-0.1, -0.05) is 18.2 Å². The summed E-state index contributed by atoms with van der Waals surface area (Å²) in [6.45, 7) is 0. The van der Waals surface area contributed by atoms with Gasteiger partial charge in [-0.3, -0.25) is 5.73 Å². The first kappa shape index (κ1) is 16.6. The lowest BCUT2D eigenvalue weighted by molar-refractivity contribution is -0.213. The third-order valence-electron chi connectivity index (χ3n) is 3.84. The third kappa shape index (κ3) is 3.91. The van der Waals surface area contributed by atoms with Gasteiger partial charge in [0.1, 0.15) is 5.75 Å². The zero-order chi connectivity index (χ0) is 16.4. The van der Waals surface area contributed by atoms with Crippen LogP contribution in [0.1, 0.15) is 24.8 Å².